The van der Waals surface area contributed by atoms with Crippen molar-refractivity contribution < 1.29 is 14.7 Å². The molecule has 0 heterocycles. The van der Waals surface area contributed by atoms with Crippen molar-refractivity contribution in [2.45, 2.75) is 32.2 Å². The summed E-state index contributed by atoms with van der Waals surface area (Å²) in [5, 5.41) is 11.2. The van der Waals surface area contributed by atoms with Crippen LogP contribution in [-0.4, -0.2) is 29.6 Å². The van der Waals surface area contributed by atoms with Crippen molar-refractivity contribution in [3.8, 4) is 0 Å². The Labute approximate surface area is 77.3 Å². The van der Waals surface area contributed by atoms with Crippen molar-refractivity contribution in [3.63, 3.8) is 0 Å². The molecule has 0 fully saturated rings. The predicted octanol–water partition coefficient (Wildman–Crippen LogP) is -0.295. The SMILES string of the molecule is CC[C@@H](NCCCC(=O)O)C(N)=O. The first-order valence-electron chi connectivity index (χ1n) is 4.32. The number of nitrogens with one attached hydrogen (secondary N) is 1. The monoisotopic (exact) mass is 188 g/mol. The summed E-state index contributed by atoms with van der Waals surface area (Å²) in [6.45, 7) is 2.35. The minimum atomic E-state index is -0.825. The van der Waals surface area contributed by atoms with Gasteiger partial charge in [-0.05, 0) is 19.4 Å². The molecule has 0 saturated heterocycles. The molecule has 0 unspecified atom stereocenters. The molecule has 13 heavy (non-hydrogen) atoms. The van der Waals surface area contributed by atoms with Gasteiger partial charge < -0.3 is 16.2 Å². The molecule has 5 nitrogen and oxygen atoms in total. The lowest BCUT2D eigenvalue weighted by Crippen LogP contribution is -2.41. The highest BCUT2D eigenvalue weighted by atomic mass is 16.4. The Bertz CT molecular complexity index is 182. The van der Waals surface area contributed by atoms with Gasteiger partial charge in [-0.1, -0.05) is 6.92 Å². The van der Waals surface area contributed by atoms with E-state index in [9.17, 15) is 9.59 Å². The summed E-state index contributed by atoms with van der Waals surface area (Å²) in [4.78, 5) is 20.8. The quantitative estimate of drug-likeness (QED) is 0.478. The van der Waals surface area contributed by atoms with Gasteiger partial charge in [0.05, 0.1) is 6.04 Å². The molecule has 0 radical (unpaired) electrons. The first-order valence-corrected chi connectivity index (χ1v) is 4.32. The zero-order valence-corrected chi connectivity index (χ0v) is 7.75. The zero-order chi connectivity index (χ0) is 10.3. The van der Waals surface area contributed by atoms with Gasteiger partial charge in [-0.2, -0.15) is 0 Å². The van der Waals surface area contributed by atoms with E-state index >= 15 is 0 Å². The van der Waals surface area contributed by atoms with Crippen LogP contribution in [0.25, 0.3) is 0 Å². The number of carbonyl (C=O) groups is 2. The second-order valence-corrected chi connectivity index (χ2v) is 2.81. The van der Waals surface area contributed by atoms with Crippen LogP contribution in [0.3, 0.4) is 0 Å². The molecule has 0 aliphatic carbocycles. The Balaban J connectivity index is 3.50. The molecule has 5 heteroatoms. The van der Waals surface area contributed by atoms with Gasteiger partial charge in [0.15, 0.2) is 0 Å². The van der Waals surface area contributed by atoms with Gasteiger partial charge in [0.25, 0.3) is 0 Å². The highest BCUT2D eigenvalue weighted by Crippen LogP contribution is 1.91. The fourth-order valence-corrected chi connectivity index (χ4v) is 0.962. The largest absolute Gasteiger partial charge is 0.481 e. The van der Waals surface area contributed by atoms with Crippen LogP contribution in [0.5, 0.6) is 0 Å². The second-order valence-electron chi connectivity index (χ2n) is 2.81. The molecule has 76 valence electrons. The third-order valence-corrected chi connectivity index (χ3v) is 1.71. The fourth-order valence-electron chi connectivity index (χ4n) is 0.962. The van der Waals surface area contributed by atoms with Crippen LogP contribution in [0.2, 0.25) is 0 Å². The summed E-state index contributed by atoms with van der Waals surface area (Å²) < 4.78 is 0. The van der Waals surface area contributed by atoms with Crippen molar-refractivity contribution in [1.82, 2.24) is 5.32 Å². The molecule has 0 spiro atoms. The molecule has 1 amide bonds. The number of rotatable bonds is 7. The van der Waals surface area contributed by atoms with Gasteiger partial charge in [-0.15, -0.1) is 0 Å². The van der Waals surface area contributed by atoms with E-state index in [4.69, 9.17) is 10.8 Å². The Morgan fingerprint density at radius 2 is 2.15 bits per heavy atom. The Morgan fingerprint density at radius 1 is 1.54 bits per heavy atom. The van der Waals surface area contributed by atoms with E-state index < -0.39 is 11.9 Å². The van der Waals surface area contributed by atoms with Gasteiger partial charge in [-0.3, -0.25) is 9.59 Å². The molecule has 0 saturated carbocycles. The summed E-state index contributed by atoms with van der Waals surface area (Å²) in [6, 6.07) is -0.339. The molecule has 0 aliphatic rings. The van der Waals surface area contributed by atoms with Gasteiger partial charge in [0.1, 0.15) is 0 Å². The van der Waals surface area contributed by atoms with Crippen LogP contribution in [0.1, 0.15) is 26.2 Å². The number of carbonyl (C=O) groups excluding carboxylic acids is 1. The Morgan fingerprint density at radius 3 is 2.54 bits per heavy atom. The van der Waals surface area contributed by atoms with E-state index in [1.807, 2.05) is 6.92 Å². The number of carboxylic acid groups (broad SMARTS) is 1. The number of amides is 1. The minimum Gasteiger partial charge on any atom is -0.481 e. The third kappa shape index (κ3) is 6.10. The maximum atomic E-state index is 10.7. The van der Waals surface area contributed by atoms with Crippen LogP contribution in [0, 0.1) is 0 Å². The maximum Gasteiger partial charge on any atom is 0.303 e. The van der Waals surface area contributed by atoms with Crippen molar-refractivity contribution in [2.75, 3.05) is 6.54 Å². The van der Waals surface area contributed by atoms with Crippen LogP contribution >= 0.6 is 0 Å². The van der Waals surface area contributed by atoms with E-state index in [-0.39, 0.29) is 12.5 Å². The predicted molar refractivity (Wildman–Crippen MR) is 48.1 cm³/mol. The van der Waals surface area contributed by atoms with Crippen LogP contribution < -0.4 is 11.1 Å². The maximum absolute atomic E-state index is 10.7. The number of aliphatic carboxylic acids is 1. The average molecular weight is 188 g/mol. The number of hydrogen-bond donors (Lipinski definition) is 3. The van der Waals surface area contributed by atoms with E-state index in [1.165, 1.54) is 0 Å². The lowest BCUT2D eigenvalue weighted by molar-refractivity contribution is -0.137. The van der Waals surface area contributed by atoms with Crippen molar-refractivity contribution in [1.29, 1.82) is 0 Å². The number of carboxylic acids is 1. The van der Waals surface area contributed by atoms with Crippen molar-refractivity contribution in [2.24, 2.45) is 5.73 Å². The van der Waals surface area contributed by atoms with Gasteiger partial charge in [0.2, 0.25) is 5.91 Å². The molecule has 0 bridgehead atoms. The number of hydrogen-bond acceptors (Lipinski definition) is 3. The highest BCUT2D eigenvalue weighted by Gasteiger charge is 2.10. The third-order valence-electron chi connectivity index (χ3n) is 1.71. The van der Waals surface area contributed by atoms with Gasteiger partial charge in [0, 0.05) is 6.42 Å². The topological polar surface area (TPSA) is 92.4 Å². The molecule has 0 rings (SSSR count). The lowest BCUT2D eigenvalue weighted by Gasteiger charge is -2.11. The van der Waals surface area contributed by atoms with E-state index in [1.54, 1.807) is 0 Å². The van der Waals surface area contributed by atoms with Crippen molar-refractivity contribution >= 4 is 11.9 Å². The molecule has 1 atom stereocenters. The number of primary amides is 1. The van der Waals surface area contributed by atoms with Gasteiger partial charge in [-0.25, -0.2) is 0 Å². The Hall–Kier alpha value is -1.10. The van der Waals surface area contributed by atoms with Crippen LogP contribution in [-0.2, 0) is 9.59 Å². The van der Waals surface area contributed by atoms with E-state index in [0.717, 1.165) is 0 Å². The number of nitrogens with two attached hydrogens (primary N) is 1. The normalized spacial score (nSPS) is 12.4. The highest BCUT2D eigenvalue weighted by molar-refractivity contribution is 5.79. The zero-order valence-electron chi connectivity index (χ0n) is 7.75. The molecule has 0 aromatic rings. The summed E-state index contributed by atoms with van der Waals surface area (Å²) in [6.07, 6.45) is 1.25. The second kappa shape index (κ2) is 6.42. The van der Waals surface area contributed by atoms with Crippen LogP contribution in [0.15, 0.2) is 0 Å². The van der Waals surface area contributed by atoms with Crippen LogP contribution in [0.4, 0.5) is 0 Å². The fraction of sp³-hybridized carbons (Fsp3) is 0.750. The lowest BCUT2D eigenvalue weighted by atomic mass is 10.2. The van der Waals surface area contributed by atoms with Gasteiger partial charge >= 0.3 is 5.97 Å². The summed E-state index contributed by atoms with van der Waals surface area (Å²) in [7, 11) is 0. The smallest absolute Gasteiger partial charge is 0.303 e. The summed E-state index contributed by atoms with van der Waals surface area (Å²) in [5.41, 5.74) is 5.07. The summed E-state index contributed by atoms with van der Waals surface area (Å²) >= 11 is 0. The minimum absolute atomic E-state index is 0.113. The molecule has 4 N–H and O–H groups in total. The molecule has 0 aromatic carbocycles. The molecule has 0 aliphatic heterocycles. The molecule has 0 aromatic heterocycles. The molecular formula is C8H16N2O3. The standard InChI is InChI=1S/C8H16N2O3/c1-2-6(8(9)13)10-5-3-4-7(11)12/h6,10H,2-5H2,1H3,(H2,9,13)(H,11,12)/t6-/m1/s1. The van der Waals surface area contributed by atoms with E-state index in [0.29, 0.717) is 19.4 Å². The van der Waals surface area contributed by atoms with E-state index in [2.05, 4.69) is 5.32 Å². The van der Waals surface area contributed by atoms with Crippen molar-refractivity contribution in [3.05, 3.63) is 0 Å². The molecular weight excluding hydrogens is 172 g/mol. The first kappa shape index (κ1) is 11.9. The first-order chi connectivity index (χ1) is 6.07. The average Bonchev–Trinajstić information content (AvgIpc) is 2.03. The Kier molecular flexibility index (Phi) is 5.88. The summed E-state index contributed by atoms with van der Waals surface area (Å²) in [5.74, 6) is -1.22.